The molecule has 7 heteroatoms. The molecule has 0 saturated heterocycles. The molecule has 0 amide bonds. The first-order valence-corrected chi connectivity index (χ1v) is 7.84. The SMILES string of the molecule is CNc1ccc(Nc2ncc(C)c(NCCc3cnc[nH]3)n2)cc1. The summed E-state index contributed by atoms with van der Waals surface area (Å²) < 4.78 is 0. The molecular formula is C17H21N7. The Hall–Kier alpha value is -3.09. The van der Waals surface area contributed by atoms with Gasteiger partial charge in [-0.3, -0.25) is 0 Å². The van der Waals surface area contributed by atoms with Gasteiger partial charge >= 0.3 is 0 Å². The smallest absolute Gasteiger partial charge is 0.229 e. The molecule has 0 saturated carbocycles. The summed E-state index contributed by atoms with van der Waals surface area (Å²) in [4.78, 5) is 16.0. The highest BCUT2D eigenvalue weighted by molar-refractivity contribution is 5.59. The average Bonchev–Trinajstić information content (AvgIpc) is 3.12. The number of aromatic amines is 1. The number of benzene rings is 1. The van der Waals surface area contributed by atoms with Gasteiger partial charge in [-0.2, -0.15) is 4.98 Å². The zero-order valence-corrected chi connectivity index (χ0v) is 13.8. The van der Waals surface area contributed by atoms with Crippen molar-refractivity contribution in [1.29, 1.82) is 0 Å². The van der Waals surface area contributed by atoms with E-state index in [2.05, 4.69) is 35.9 Å². The number of nitrogens with one attached hydrogen (secondary N) is 4. The van der Waals surface area contributed by atoms with Crippen LogP contribution in [-0.2, 0) is 6.42 Å². The molecule has 2 heterocycles. The highest BCUT2D eigenvalue weighted by Gasteiger charge is 2.04. The lowest BCUT2D eigenvalue weighted by Gasteiger charge is -2.11. The number of rotatable bonds is 7. The van der Waals surface area contributed by atoms with E-state index in [0.717, 1.165) is 41.4 Å². The third kappa shape index (κ3) is 4.01. The van der Waals surface area contributed by atoms with Gasteiger partial charge in [-0.25, -0.2) is 9.97 Å². The monoisotopic (exact) mass is 323 g/mol. The van der Waals surface area contributed by atoms with Gasteiger partial charge in [-0.15, -0.1) is 0 Å². The molecule has 7 nitrogen and oxygen atoms in total. The Morgan fingerprint density at radius 1 is 1.08 bits per heavy atom. The van der Waals surface area contributed by atoms with Gasteiger partial charge in [0.05, 0.1) is 6.33 Å². The second-order valence-electron chi connectivity index (χ2n) is 5.43. The van der Waals surface area contributed by atoms with E-state index in [1.54, 1.807) is 6.33 Å². The summed E-state index contributed by atoms with van der Waals surface area (Å²) in [5.41, 5.74) is 4.11. The fraction of sp³-hybridized carbons (Fsp3) is 0.235. The Balaban J connectivity index is 1.63. The lowest BCUT2D eigenvalue weighted by molar-refractivity contribution is 0.960. The van der Waals surface area contributed by atoms with Crippen LogP contribution in [0.5, 0.6) is 0 Å². The Kier molecular flexibility index (Phi) is 4.90. The summed E-state index contributed by atoms with van der Waals surface area (Å²) in [6.07, 6.45) is 6.19. The Morgan fingerprint density at radius 2 is 1.88 bits per heavy atom. The van der Waals surface area contributed by atoms with E-state index >= 15 is 0 Å². The molecule has 0 radical (unpaired) electrons. The Bertz CT molecular complexity index is 766. The van der Waals surface area contributed by atoms with Crippen LogP contribution in [0.3, 0.4) is 0 Å². The molecule has 3 rings (SSSR count). The zero-order chi connectivity index (χ0) is 16.8. The number of aromatic nitrogens is 4. The molecule has 124 valence electrons. The van der Waals surface area contributed by atoms with Gasteiger partial charge in [0, 0.05) is 55.0 Å². The van der Waals surface area contributed by atoms with Crippen LogP contribution in [0.15, 0.2) is 43.0 Å². The van der Waals surface area contributed by atoms with Crippen LogP contribution >= 0.6 is 0 Å². The van der Waals surface area contributed by atoms with Crippen molar-refractivity contribution >= 4 is 23.1 Å². The van der Waals surface area contributed by atoms with Crippen molar-refractivity contribution < 1.29 is 0 Å². The van der Waals surface area contributed by atoms with E-state index in [-0.39, 0.29) is 0 Å². The van der Waals surface area contributed by atoms with E-state index < -0.39 is 0 Å². The number of aryl methyl sites for hydroxylation is 1. The van der Waals surface area contributed by atoms with Crippen molar-refractivity contribution in [3.8, 4) is 0 Å². The summed E-state index contributed by atoms with van der Waals surface area (Å²) in [7, 11) is 1.90. The second-order valence-corrected chi connectivity index (χ2v) is 5.43. The maximum Gasteiger partial charge on any atom is 0.229 e. The molecule has 1 aromatic carbocycles. The van der Waals surface area contributed by atoms with Gasteiger partial charge in [0.2, 0.25) is 5.95 Å². The Morgan fingerprint density at radius 3 is 2.58 bits per heavy atom. The number of nitrogens with zero attached hydrogens (tertiary/aromatic N) is 3. The minimum Gasteiger partial charge on any atom is -0.388 e. The molecule has 0 aliphatic carbocycles. The van der Waals surface area contributed by atoms with Gasteiger partial charge in [0.1, 0.15) is 5.82 Å². The van der Waals surface area contributed by atoms with Crippen LogP contribution in [0.4, 0.5) is 23.1 Å². The molecule has 0 aliphatic rings. The molecule has 0 unspecified atom stereocenters. The molecule has 0 spiro atoms. The molecule has 0 atom stereocenters. The number of hydrogen-bond acceptors (Lipinski definition) is 6. The topological polar surface area (TPSA) is 90.5 Å². The predicted molar refractivity (Wildman–Crippen MR) is 96.8 cm³/mol. The van der Waals surface area contributed by atoms with Gasteiger partial charge in [0.15, 0.2) is 0 Å². The van der Waals surface area contributed by atoms with Crippen LogP contribution in [0.2, 0.25) is 0 Å². The quantitative estimate of drug-likeness (QED) is 0.534. The third-order valence-electron chi connectivity index (χ3n) is 3.64. The summed E-state index contributed by atoms with van der Waals surface area (Å²) in [5.74, 6) is 1.40. The summed E-state index contributed by atoms with van der Waals surface area (Å²) in [5, 5.41) is 9.66. The molecule has 0 fully saturated rings. The van der Waals surface area contributed by atoms with Crippen molar-refractivity contribution in [2.24, 2.45) is 0 Å². The van der Waals surface area contributed by atoms with Crippen molar-refractivity contribution in [2.75, 3.05) is 29.5 Å². The van der Waals surface area contributed by atoms with E-state index in [1.807, 2.05) is 50.6 Å². The van der Waals surface area contributed by atoms with Crippen LogP contribution in [0.25, 0.3) is 0 Å². The molecular weight excluding hydrogens is 302 g/mol. The molecule has 3 aromatic rings. The summed E-state index contributed by atoms with van der Waals surface area (Å²) in [6, 6.07) is 7.97. The molecule has 0 aliphatic heterocycles. The number of hydrogen-bond donors (Lipinski definition) is 4. The highest BCUT2D eigenvalue weighted by atomic mass is 15.1. The van der Waals surface area contributed by atoms with Crippen molar-refractivity contribution in [2.45, 2.75) is 13.3 Å². The lowest BCUT2D eigenvalue weighted by atomic mass is 10.3. The van der Waals surface area contributed by atoms with E-state index in [4.69, 9.17) is 0 Å². The van der Waals surface area contributed by atoms with Gasteiger partial charge in [-0.1, -0.05) is 0 Å². The first kappa shape index (κ1) is 15.8. The third-order valence-corrected chi connectivity index (χ3v) is 3.64. The normalized spacial score (nSPS) is 10.4. The molecule has 0 bridgehead atoms. The zero-order valence-electron chi connectivity index (χ0n) is 13.8. The van der Waals surface area contributed by atoms with E-state index in [9.17, 15) is 0 Å². The fourth-order valence-electron chi connectivity index (χ4n) is 2.27. The van der Waals surface area contributed by atoms with Crippen LogP contribution in [0, 0.1) is 6.92 Å². The van der Waals surface area contributed by atoms with Gasteiger partial charge < -0.3 is 20.9 Å². The average molecular weight is 323 g/mol. The maximum atomic E-state index is 4.55. The number of anilines is 4. The van der Waals surface area contributed by atoms with Crippen molar-refractivity contribution in [1.82, 2.24) is 19.9 Å². The Labute approximate surface area is 141 Å². The lowest BCUT2D eigenvalue weighted by Crippen LogP contribution is -2.09. The predicted octanol–water partition coefficient (Wildman–Crippen LogP) is 2.95. The number of imidazole rings is 1. The van der Waals surface area contributed by atoms with Gasteiger partial charge in [-0.05, 0) is 31.2 Å². The molecule has 2 aromatic heterocycles. The van der Waals surface area contributed by atoms with E-state index in [0.29, 0.717) is 5.95 Å². The molecule has 24 heavy (non-hydrogen) atoms. The fourth-order valence-corrected chi connectivity index (χ4v) is 2.27. The molecule has 4 N–H and O–H groups in total. The van der Waals surface area contributed by atoms with E-state index in [1.165, 1.54) is 0 Å². The summed E-state index contributed by atoms with van der Waals surface area (Å²) in [6.45, 7) is 2.76. The standard InChI is InChI=1S/C17H21N7/c1-12-9-21-17(23-14-5-3-13(18-2)4-6-14)24-16(12)20-8-7-15-10-19-11-22-15/h3-6,9-11,18H,7-8H2,1-2H3,(H,19,22)(H2,20,21,23,24). The highest BCUT2D eigenvalue weighted by Crippen LogP contribution is 2.18. The maximum absolute atomic E-state index is 4.55. The summed E-state index contributed by atoms with van der Waals surface area (Å²) >= 11 is 0. The minimum absolute atomic E-state index is 0.571. The minimum atomic E-state index is 0.571. The van der Waals surface area contributed by atoms with Crippen molar-refractivity contribution in [3.05, 3.63) is 54.2 Å². The largest absolute Gasteiger partial charge is 0.388 e. The van der Waals surface area contributed by atoms with Crippen LogP contribution in [-0.4, -0.2) is 33.5 Å². The first-order chi connectivity index (χ1) is 11.7. The van der Waals surface area contributed by atoms with Crippen LogP contribution in [0.1, 0.15) is 11.3 Å². The van der Waals surface area contributed by atoms with Gasteiger partial charge in [0.25, 0.3) is 0 Å². The first-order valence-electron chi connectivity index (χ1n) is 7.84. The number of H-pyrrole nitrogens is 1. The van der Waals surface area contributed by atoms with Crippen LogP contribution < -0.4 is 16.0 Å². The van der Waals surface area contributed by atoms with Crippen molar-refractivity contribution in [3.63, 3.8) is 0 Å². The second kappa shape index (κ2) is 7.45.